The second kappa shape index (κ2) is 11.5. The van der Waals surface area contributed by atoms with Crippen molar-refractivity contribution in [3.05, 3.63) is 94.2 Å². The molecule has 1 aromatic carbocycles. The Balaban J connectivity index is 1.83. The normalized spacial score (nSPS) is 15.4. The minimum absolute atomic E-state index is 0.0490. The average Bonchev–Trinajstić information content (AvgIpc) is 2.96. The van der Waals surface area contributed by atoms with Crippen LogP contribution in [0, 0.1) is 6.92 Å². The van der Waals surface area contributed by atoms with Crippen LogP contribution in [0.4, 0.5) is 5.82 Å². The third-order valence-corrected chi connectivity index (χ3v) is 8.04. The zero-order chi connectivity index (χ0) is 30.3. The molecule has 1 aliphatic rings. The summed E-state index contributed by atoms with van der Waals surface area (Å²) in [6.45, 7) is 19.2. The van der Waals surface area contributed by atoms with Crippen LogP contribution in [0.25, 0.3) is 33.6 Å². The van der Waals surface area contributed by atoms with Crippen molar-refractivity contribution >= 4 is 39.9 Å². The molecular weight excluding hydrogens is 548 g/mol. The highest BCUT2D eigenvalue weighted by atomic mass is 35.5. The van der Waals surface area contributed by atoms with Crippen molar-refractivity contribution in [2.45, 2.75) is 46.6 Å². The van der Waals surface area contributed by atoms with Gasteiger partial charge in [0.15, 0.2) is 5.65 Å². The Morgan fingerprint density at radius 1 is 1.17 bits per heavy atom. The minimum Gasteiger partial charge on any atom is -0.350 e. The molecule has 4 heterocycles. The summed E-state index contributed by atoms with van der Waals surface area (Å²) in [5.74, 6) is 0.424. The fourth-order valence-corrected chi connectivity index (χ4v) is 5.92. The standard InChI is InChI=1S/C33H35ClN6O2/c1-8-27(41)38-15-16-39(22(7)18-38)31-25-17-26(34)29(24-12-10-9-11-23(24)19(2)3)36-32(25)40(33(42)37-31)30-21(6)13-14-35-28(30)20(4)5/h8-14,17,20,22H,1-2,15-16,18H2,3-7H3/t22-/m0/s1. The van der Waals surface area contributed by atoms with E-state index >= 15 is 0 Å². The summed E-state index contributed by atoms with van der Waals surface area (Å²) in [7, 11) is 0. The lowest BCUT2D eigenvalue weighted by Gasteiger charge is -2.40. The number of pyridine rings is 2. The zero-order valence-corrected chi connectivity index (χ0v) is 25.4. The molecule has 42 heavy (non-hydrogen) atoms. The highest BCUT2D eigenvalue weighted by molar-refractivity contribution is 6.34. The van der Waals surface area contributed by atoms with E-state index in [1.807, 2.05) is 71.0 Å². The Labute approximate surface area is 251 Å². The van der Waals surface area contributed by atoms with Crippen molar-refractivity contribution in [3.8, 4) is 16.9 Å². The summed E-state index contributed by atoms with van der Waals surface area (Å²) in [5, 5.41) is 1.08. The quantitative estimate of drug-likeness (QED) is 0.252. The number of hydrogen-bond donors (Lipinski definition) is 0. The number of halogens is 1. The number of allylic oxidation sites excluding steroid dienone is 1. The lowest BCUT2D eigenvalue weighted by Crippen LogP contribution is -2.54. The summed E-state index contributed by atoms with van der Waals surface area (Å²) in [4.78, 5) is 44.6. The van der Waals surface area contributed by atoms with E-state index in [2.05, 4.69) is 28.0 Å². The van der Waals surface area contributed by atoms with Crippen LogP contribution in [0.1, 0.15) is 50.4 Å². The van der Waals surface area contributed by atoms with E-state index < -0.39 is 5.69 Å². The van der Waals surface area contributed by atoms with Gasteiger partial charge in [0.25, 0.3) is 0 Å². The van der Waals surface area contributed by atoms with Gasteiger partial charge in [0.2, 0.25) is 5.91 Å². The maximum atomic E-state index is 14.1. The highest BCUT2D eigenvalue weighted by Crippen LogP contribution is 2.37. The molecule has 1 atom stereocenters. The first-order chi connectivity index (χ1) is 20.0. The monoisotopic (exact) mass is 582 g/mol. The van der Waals surface area contributed by atoms with Crippen LogP contribution in [0.5, 0.6) is 0 Å². The van der Waals surface area contributed by atoms with Crippen LogP contribution in [-0.2, 0) is 4.79 Å². The fourth-order valence-electron chi connectivity index (χ4n) is 5.66. The first-order valence-electron chi connectivity index (χ1n) is 14.1. The predicted molar refractivity (Wildman–Crippen MR) is 170 cm³/mol. The molecule has 9 heteroatoms. The molecule has 0 radical (unpaired) electrons. The summed E-state index contributed by atoms with van der Waals surface area (Å²) in [5.41, 5.74) is 5.49. The molecular formula is C33H35ClN6O2. The number of amides is 1. The number of benzene rings is 1. The lowest BCUT2D eigenvalue weighted by atomic mass is 9.99. The number of carbonyl (C=O) groups excluding carboxylic acids is 1. The van der Waals surface area contributed by atoms with E-state index in [9.17, 15) is 9.59 Å². The summed E-state index contributed by atoms with van der Waals surface area (Å²) in [6, 6.07) is 11.5. The minimum atomic E-state index is -0.457. The molecule has 8 nitrogen and oxygen atoms in total. The van der Waals surface area contributed by atoms with Gasteiger partial charge in [0.05, 0.1) is 27.5 Å². The third kappa shape index (κ3) is 5.11. The molecule has 0 unspecified atom stereocenters. The summed E-state index contributed by atoms with van der Waals surface area (Å²) in [6.07, 6.45) is 3.08. The van der Waals surface area contributed by atoms with E-state index in [1.54, 1.807) is 15.7 Å². The van der Waals surface area contributed by atoms with Gasteiger partial charge in [-0.25, -0.2) is 14.3 Å². The number of nitrogens with zero attached hydrogens (tertiary/aromatic N) is 6. The molecule has 1 aliphatic heterocycles. The van der Waals surface area contributed by atoms with Gasteiger partial charge in [-0.05, 0) is 56.0 Å². The number of aromatic nitrogens is 4. The number of rotatable bonds is 6. The van der Waals surface area contributed by atoms with E-state index in [0.717, 1.165) is 28.0 Å². The molecule has 0 N–H and O–H groups in total. The molecule has 216 valence electrons. The highest BCUT2D eigenvalue weighted by Gasteiger charge is 2.30. The molecule has 0 spiro atoms. The van der Waals surface area contributed by atoms with Gasteiger partial charge in [-0.3, -0.25) is 9.78 Å². The Morgan fingerprint density at radius 2 is 1.90 bits per heavy atom. The van der Waals surface area contributed by atoms with Gasteiger partial charge in [-0.2, -0.15) is 4.98 Å². The molecule has 1 amide bonds. The second-order valence-corrected chi connectivity index (χ2v) is 11.5. The van der Waals surface area contributed by atoms with Crippen molar-refractivity contribution in [2.75, 3.05) is 24.5 Å². The third-order valence-electron chi connectivity index (χ3n) is 7.75. The van der Waals surface area contributed by atoms with Gasteiger partial charge in [-0.1, -0.05) is 68.4 Å². The fraction of sp³-hybridized carbons (Fsp3) is 0.303. The average molecular weight is 583 g/mol. The largest absolute Gasteiger partial charge is 0.355 e. The molecule has 1 fully saturated rings. The van der Waals surface area contributed by atoms with Gasteiger partial charge in [0, 0.05) is 37.4 Å². The Hall–Kier alpha value is -4.30. The van der Waals surface area contributed by atoms with Crippen LogP contribution in [0.3, 0.4) is 0 Å². The van der Waals surface area contributed by atoms with E-state index in [4.69, 9.17) is 16.6 Å². The smallest absolute Gasteiger partial charge is 0.350 e. The first-order valence-corrected chi connectivity index (χ1v) is 14.4. The van der Waals surface area contributed by atoms with Crippen LogP contribution in [-0.4, -0.2) is 56.0 Å². The van der Waals surface area contributed by atoms with Gasteiger partial charge < -0.3 is 9.80 Å². The molecule has 5 rings (SSSR count). The summed E-state index contributed by atoms with van der Waals surface area (Å²) < 4.78 is 1.57. The van der Waals surface area contributed by atoms with Crippen molar-refractivity contribution in [2.24, 2.45) is 0 Å². The second-order valence-electron chi connectivity index (χ2n) is 11.1. The number of anilines is 1. The van der Waals surface area contributed by atoms with Crippen LogP contribution >= 0.6 is 11.6 Å². The Morgan fingerprint density at radius 3 is 2.57 bits per heavy atom. The van der Waals surface area contributed by atoms with Crippen molar-refractivity contribution in [3.63, 3.8) is 0 Å². The van der Waals surface area contributed by atoms with Crippen LogP contribution < -0.4 is 10.6 Å². The lowest BCUT2D eigenvalue weighted by molar-refractivity contribution is -0.126. The zero-order valence-electron chi connectivity index (χ0n) is 24.7. The van der Waals surface area contributed by atoms with Crippen molar-refractivity contribution in [1.82, 2.24) is 24.4 Å². The molecule has 3 aromatic heterocycles. The molecule has 0 saturated carbocycles. The van der Waals surface area contributed by atoms with E-state index in [1.165, 1.54) is 6.08 Å². The number of hydrogen-bond acceptors (Lipinski definition) is 6. The van der Waals surface area contributed by atoms with Gasteiger partial charge in [0.1, 0.15) is 5.82 Å². The van der Waals surface area contributed by atoms with Crippen molar-refractivity contribution in [1.29, 1.82) is 0 Å². The van der Waals surface area contributed by atoms with Crippen LogP contribution in [0.15, 0.2) is 66.6 Å². The molecule has 4 aromatic rings. The van der Waals surface area contributed by atoms with E-state index in [0.29, 0.717) is 52.9 Å². The Bertz CT molecular complexity index is 1790. The number of piperazine rings is 1. The number of aryl methyl sites for hydroxylation is 1. The number of carbonyl (C=O) groups is 1. The summed E-state index contributed by atoms with van der Waals surface area (Å²) >= 11 is 6.99. The predicted octanol–water partition coefficient (Wildman–Crippen LogP) is 6.18. The van der Waals surface area contributed by atoms with Crippen molar-refractivity contribution < 1.29 is 4.79 Å². The molecule has 1 saturated heterocycles. The van der Waals surface area contributed by atoms with E-state index in [-0.39, 0.29) is 17.9 Å². The molecule has 0 aliphatic carbocycles. The first kappa shape index (κ1) is 29.2. The molecule has 0 bridgehead atoms. The van der Waals surface area contributed by atoms with Crippen LogP contribution in [0.2, 0.25) is 5.02 Å². The topological polar surface area (TPSA) is 84.2 Å². The van der Waals surface area contributed by atoms with Gasteiger partial charge in [-0.15, -0.1) is 0 Å². The van der Waals surface area contributed by atoms with Gasteiger partial charge >= 0.3 is 5.69 Å². The SMILES string of the molecule is C=CC(=O)N1CCN(c2nc(=O)n(-c3c(C)ccnc3C(C)C)c3nc(-c4ccccc4C(=C)C)c(Cl)cc23)[C@@H](C)C1. The maximum Gasteiger partial charge on any atom is 0.355 e. The maximum absolute atomic E-state index is 14.1. The number of fused-ring (bicyclic) bond motifs is 1. The Kier molecular flexibility index (Phi) is 8.01.